The molecule has 1 aromatic carbocycles. The van der Waals surface area contributed by atoms with Gasteiger partial charge in [0, 0.05) is 4.90 Å². The van der Waals surface area contributed by atoms with Crippen molar-refractivity contribution in [2.75, 3.05) is 18.8 Å². The number of rotatable bonds is 4. The summed E-state index contributed by atoms with van der Waals surface area (Å²) in [6, 6.07) is 7.56. The van der Waals surface area contributed by atoms with E-state index in [0.717, 1.165) is 16.6 Å². The lowest BCUT2D eigenvalue weighted by Crippen LogP contribution is -2.09. The third kappa shape index (κ3) is 3.14. The smallest absolute Gasteiger partial charge is 0.129 e. The van der Waals surface area contributed by atoms with Crippen molar-refractivity contribution < 1.29 is 5.11 Å². The zero-order valence-corrected chi connectivity index (χ0v) is 9.59. The van der Waals surface area contributed by atoms with Crippen molar-refractivity contribution >= 4 is 11.8 Å². The summed E-state index contributed by atoms with van der Waals surface area (Å²) in [5.41, 5.74) is 0. The molecule has 1 aromatic rings. The Morgan fingerprint density at radius 1 is 1.40 bits per heavy atom. The molecule has 15 heavy (non-hydrogen) atoms. The number of nitrogens with one attached hydrogen (secondary N) is 1. The van der Waals surface area contributed by atoms with Crippen molar-refractivity contribution in [3.63, 3.8) is 0 Å². The second-order valence-corrected chi connectivity index (χ2v) is 5.10. The van der Waals surface area contributed by atoms with Gasteiger partial charge >= 0.3 is 0 Å². The number of benzene rings is 1. The maximum atomic E-state index is 9.57. The molecule has 2 rings (SSSR count). The largest absolute Gasteiger partial charge is 0.507 e. The molecule has 1 aliphatic rings. The first-order chi connectivity index (χ1) is 7.36. The highest BCUT2D eigenvalue weighted by atomic mass is 32.2. The van der Waals surface area contributed by atoms with Gasteiger partial charge in [0.05, 0.1) is 0 Å². The van der Waals surface area contributed by atoms with Crippen LogP contribution in [0.5, 0.6) is 5.75 Å². The van der Waals surface area contributed by atoms with Gasteiger partial charge in [-0.3, -0.25) is 0 Å². The Morgan fingerprint density at radius 2 is 2.27 bits per heavy atom. The Morgan fingerprint density at radius 3 is 3.00 bits per heavy atom. The summed E-state index contributed by atoms with van der Waals surface area (Å²) in [6.45, 7) is 2.34. The Kier molecular flexibility index (Phi) is 3.92. The molecule has 0 bridgehead atoms. The normalized spacial score (nSPS) is 20.7. The molecular formula is C12H17NOS. The first-order valence-corrected chi connectivity index (χ1v) is 6.46. The van der Waals surface area contributed by atoms with E-state index in [9.17, 15) is 5.11 Å². The van der Waals surface area contributed by atoms with Crippen LogP contribution >= 0.6 is 11.8 Å². The predicted octanol–water partition coefficient (Wildman–Crippen LogP) is 2.48. The van der Waals surface area contributed by atoms with Crippen molar-refractivity contribution in [2.24, 2.45) is 5.92 Å². The Labute approximate surface area is 95.1 Å². The van der Waals surface area contributed by atoms with Gasteiger partial charge in [-0.15, -0.1) is 11.8 Å². The van der Waals surface area contributed by atoms with Crippen LogP contribution < -0.4 is 5.32 Å². The molecule has 0 aromatic heterocycles. The summed E-state index contributed by atoms with van der Waals surface area (Å²) in [6.07, 6.45) is 2.55. The summed E-state index contributed by atoms with van der Waals surface area (Å²) < 4.78 is 0. The van der Waals surface area contributed by atoms with Gasteiger partial charge in [0.1, 0.15) is 5.75 Å². The molecule has 3 heteroatoms. The monoisotopic (exact) mass is 223 g/mol. The van der Waals surface area contributed by atoms with Crippen molar-refractivity contribution in [1.29, 1.82) is 0 Å². The van der Waals surface area contributed by atoms with Crippen LogP contribution in [0.3, 0.4) is 0 Å². The van der Waals surface area contributed by atoms with Gasteiger partial charge in [-0.25, -0.2) is 0 Å². The highest BCUT2D eigenvalue weighted by molar-refractivity contribution is 7.99. The molecule has 0 radical (unpaired) electrons. The van der Waals surface area contributed by atoms with E-state index in [1.165, 1.54) is 25.9 Å². The summed E-state index contributed by atoms with van der Waals surface area (Å²) in [5, 5.41) is 12.9. The lowest BCUT2D eigenvalue weighted by molar-refractivity contribution is 0.462. The molecule has 1 saturated heterocycles. The number of hydrogen-bond acceptors (Lipinski definition) is 3. The van der Waals surface area contributed by atoms with Crippen LogP contribution in [0.4, 0.5) is 0 Å². The molecule has 1 unspecified atom stereocenters. The van der Waals surface area contributed by atoms with Gasteiger partial charge < -0.3 is 10.4 Å². The fourth-order valence-electron chi connectivity index (χ4n) is 1.88. The van der Waals surface area contributed by atoms with E-state index in [1.807, 2.05) is 18.2 Å². The molecule has 0 saturated carbocycles. The van der Waals surface area contributed by atoms with Crippen molar-refractivity contribution in [3.05, 3.63) is 24.3 Å². The Hall–Kier alpha value is -0.670. The van der Waals surface area contributed by atoms with Crippen molar-refractivity contribution in [2.45, 2.75) is 17.7 Å². The second kappa shape index (κ2) is 5.42. The average molecular weight is 223 g/mol. The zero-order valence-electron chi connectivity index (χ0n) is 8.78. The predicted molar refractivity (Wildman–Crippen MR) is 64.4 cm³/mol. The average Bonchev–Trinajstić information content (AvgIpc) is 2.74. The molecule has 2 nitrogen and oxygen atoms in total. The van der Waals surface area contributed by atoms with E-state index in [2.05, 4.69) is 5.32 Å². The Bertz CT molecular complexity index is 310. The number of phenols is 1. The van der Waals surface area contributed by atoms with Gasteiger partial charge in [-0.1, -0.05) is 12.1 Å². The van der Waals surface area contributed by atoms with Crippen molar-refractivity contribution in [1.82, 2.24) is 5.32 Å². The molecule has 0 spiro atoms. The maximum Gasteiger partial charge on any atom is 0.129 e. The van der Waals surface area contributed by atoms with E-state index in [0.29, 0.717) is 5.75 Å². The minimum Gasteiger partial charge on any atom is -0.507 e. The Balaban J connectivity index is 1.75. The molecule has 1 aliphatic heterocycles. The van der Waals surface area contributed by atoms with Crippen LogP contribution in [0.2, 0.25) is 0 Å². The fourth-order valence-corrected chi connectivity index (χ4v) is 2.94. The fraction of sp³-hybridized carbons (Fsp3) is 0.500. The quantitative estimate of drug-likeness (QED) is 0.769. The van der Waals surface area contributed by atoms with Crippen LogP contribution in [0.1, 0.15) is 12.8 Å². The molecule has 1 heterocycles. The number of phenolic OH excluding ortho intramolecular Hbond substituents is 1. The van der Waals surface area contributed by atoms with Crippen LogP contribution in [-0.4, -0.2) is 23.9 Å². The van der Waals surface area contributed by atoms with Gasteiger partial charge in [0.15, 0.2) is 0 Å². The molecule has 0 aliphatic carbocycles. The van der Waals surface area contributed by atoms with E-state index in [-0.39, 0.29) is 0 Å². The van der Waals surface area contributed by atoms with Crippen molar-refractivity contribution in [3.8, 4) is 5.75 Å². The molecule has 1 atom stereocenters. The lowest BCUT2D eigenvalue weighted by Gasteiger charge is -2.08. The van der Waals surface area contributed by atoms with E-state index < -0.39 is 0 Å². The van der Waals surface area contributed by atoms with E-state index in [1.54, 1.807) is 17.8 Å². The lowest BCUT2D eigenvalue weighted by atomic mass is 10.1. The highest BCUT2D eigenvalue weighted by Gasteiger charge is 2.13. The SMILES string of the molecule is Oc1ccccc1SCCC1CCNC1. The molecule has 1 fully saturated rings. The van der Waals surface area contributed by atoms with Gasteiger partial charge in [0.2, 0.25) is 0 Å². The summed E-state index contributed by atoms with van der Waals surface area (Å²) in [4.78, 5) is 1.00. The van der Waals surface area contributed by atoms with Gasteiger partial charge in [-0.05, 0) is 49.7 Å². The molecule has 2 N–H and O–H groups in total. The van der Waals surface area contributed by atoms with Crippen LogP contribution in [0.25, 0.3) is 0 Å². The standard InChI is InChI=1S/C12H17NOS/c14-11-3-1-2-4-12(11)15-8-6-10-5-7-13-9-10/h1-4,10,13-14H,5-9H2. The second-order valence-electron chi connectivity index (χ2n) is 3.96. The highest BCUT2D eigenvalue weighted by Crippen LogP contribution is 2.29. The van der Waals surface area contributed by atoms with Gasteiger partial charge in [-0.2, -0.15) is 0 Å². The molecule has 0 amide bonds. The van der Waals surface area contributed by atoms with Crippen LogP contribution in [0, 0.1) is 5.92 Å². The van der Waals surface area contributed by atoms with E-state index >= 15 is 0 Å². The van der Waals surface area contributed by atoms with E-state index in [4.69, 9.17) is 0 Å². The molecular weight excluding hydrogens is 206 g/mol. The third-order valence-electron chi connectivity index (χ3n) is 2.81. The zero-order chi connectivity index (χ0) is 10.5. The first-order valence-electron chi connectivity index (χ1n) is 5.48. The number of para-hydroxylation sites is 1. The topological polar surface area (TPSA) is 32.3 Å². The van der Waals surface area contributed by atoms with Gasteiger partial charge in [0.25, 0.3) is 0 Å². The summed E-state index contributed by atoms with van der Waals surface area (Å²) in [5.74, 6) is 2.35. The molecule has 82 valence electrons. The minimum atomic E-state index is 0.409. The van der Waals surface area contributed by atoms with Crippen LogP contribution in [0.15, 0.2) is 29.2 Å². The third-order valence-corrected chi connectivity index (χ3v) is 3.91. The number of thioether (sulfide) groups is 1. The number of hydrogen-bond donors (Lipinski definition) is 2. The first kappa shape index (κ1) is 10.8. The maximum absolute atomic E-state index is 9.57. The summed E-state index contributed by atoms with van der Waals surface area (Å²) >= 11 is 1.76. The van der Waals surface area contributed by atoms with Crippen LogP contribution in [-0.2, 0) is 0 Å². The summed E-state index contributed by atoms with van der Waals surface area (Å²) in [7, 11) is 0. The number of aromatic hydroxyl groups is 1. The minimum absolute atomic E-state index is 0.409.